The maximum absolute atomic E-state index is 6.10. The van der Waals surface area contributed by atoms with Crippen LogP contribution in [0.1, 0.15) is 17.1 Å². The van der Waals surface area contributed by atoms with Gasteiger partial charge >= 0.3 is 0 Å². The van der Waals surface area contributed by atoms with Gasteiger partial charge in [0.25, 0.3) is 0 Å². The van der Waals surface area contributed by atoms with Gasteiger partial charge in [0.1, 0.15) is 11.0 Å². The number of methoxy groups -OCH3 is 1. The maximum Gasteiger partial charge on any atom is 0.147 e. The smallest absolute Gasteiger partial charge is 0.147 e. The van der Waals surface area contributed by atoms with E-state index in [1.807, 2.05) is 24.3 Å². The molecule has 0 fully saturated rings. The number of nitrogens with zero attached hydrogens (tertiary/aromatic N) is 2. The lowest BCUT2D eigenvalue weighted by Crippen LogP contribution is -2.04. The second-order valence-corrected chi connectivity index (χ2v) is 5.90. The van der Waals surface area contributed by atoms with E-state index in [4.69, 9.17) is 16.3 Å². The highest BCUT2D eigenvalue weighted by Gasteiger charge is 2.12. The molecule has 3 nitrogen and oxygen atoms in total. The van der Waals surface area contributed by atoms with E-state index in [0.29, 0.717) is 28.5 Å². The summed E-state index contributed by atoms with van der Waals surface area (Å²) in [5, 5.41) is 0.407. The molecule has 0 aliphatic carbocycles. The standard InChI is InChI=1S/C13H11Br2ClN2O/c1-19-7-10-12(15)13(16)18-11(17-10)6-8-4-2-3-5-9(8)14/h2-5H,6-7H2,1H3. The molecule has 2 aromatic rings. The number of rotatable bonds is 4. The number of hydrogen-bond donors (Lipinski definition) is 0. The summed E-state index contributed by atoms with van der Waals surface area (Å²) in [7, 11) is 1.62. The Labute approximate surface area is 133 Å². The molecule has 1 heterocycles. The SMILES string of the molecule is COCc1nc(Cc2ccccc2Br)nc(Cl)c1Br. The van der Waals surface area contributed by atoms with Crippen molar-refractivity contribution in [3.63, 3.8) is 0 Å². The van der Waals surface area contributed by atoms with E-state index in [9.17, 15) is 0 Å². The fourth-order valence-electron chi connectivity index (χ4n) is 1.63. The lowest BCUT2D eigenvalue weighted by molar-refractivity contribution is 0.180. The summed E-state index contributed by atoms with van der Waals surface area (Å²) in [4.78, 5) is 8.75. The quantitative estimate of drug-likeness (QED) is 0.707. The summed E-state index contributed by atoms with van der Waals surface area (Å²) in [6, 6.07) is 7.97. The molecule has 100 valence electrons. The van der Waals surface area contributed by atoms with Crippen LogP contribution in [0.5, 0.6) is 0 Å². The van der Waals surface area contributed by atoms with E-state index in [0.717, 1.165) is 15.7 Å². The van der Waals surface area contributed by atoms with Crippen LogP contribution >= 0.6 is 43.5 Å². The van der Waals surface area contributed by atoms with Crippen molar-refractivity contribution in [2.24, 2.45) is 0 Å². The van der Waals surface area contributed by atoms with Crippen molar-refractivity contribution in [3.05, 3.63) is 55.4 Å². The lowest BCUT2D eigenvalue weighted by Gasteiger charge is -2.08. The first-order valence-electron chi connectivity index (χ1n) is 5.55. The van der Waals surface area contributed by atoms with Gasteiger partial charge in [-0.3, -0.25) is 0 Å². The minimum Gasteiger partial charge on any atom is -0.378 e. The third-order valence-electron chi connectivity index (χ3n) is 2.51. The molecule has 0 bridgehead atoms. The summed E-state index contributed by atoms with van der Waals surface area (Å²) in [6.07, 6.45) is 0.616. The van der Waals surface area contributed by atoms with Crippen LogP contribution in [-0.2, 0) is 17.8 Å². The third kappa shape index (κ3) is 3.75. The van der Waals surface area contributed by atoms with Gasteiger partial charge < -0.3 is 4.74 Å². The molecule has 6 heteroatoms. The molecule has 0 saturated carbocycles. The number of ether oxygens (including phenoxy) is 1. The minimum absolute atomic E-state index is 0.395. The maximum atomic E-state index is 6.10. The molecule has 0 aliphatic heterocycles. The number of hydrogen-bond acceptors (Lipinski definition) is 3. The van der Waals surface area contributed by atoms with Crippen LogP contribution in [0.4, 0.5) is 0 Å². The molecule has 0 radical (unpaired) electrons. The zero-order valence-corrected chi connectivity index (χ0v) is 14.1. The molecule has 1 aromatic carbocycles. The van der Waals surface area contributed by atoms with E-state index < -0.39 is 0 Å². The van der Waals surface area contributed by atoms with Crippen LogP contribution < -0.4 is 0 Å². The van der Waals surface area contributed by atoms with Crippen molar-refractivity contribution in [3.8, 4) is 0 Å². The molecular weight excluding hydrogens is 395 g/mol. The van der Waals surface area contributed by atoms with E-state index >= 15 is 0 Å². The van der Waals surface area contributed by atoms with E-state index in [2.05, 4.69) is 41.8 Å². The molecule has 0 N–H and O–H groups in total. The molecule has 0 spiro atoms. The number of halogens is 3. The topological polar surface area (TPSA) is 35.0 Å². The van der Waals surface area contributed by atoms with Crippen LogP contribution in [0.15, 0.2) is 33.2 Å². The Balaban J connectivity index is 2.33. The average molecular weight is 407 g/mol. The first-order valence-corrected chi connectivity index (χ1v) is 7.51. The van der Waals surface area contributed by atoms with Crippen molar-refractivity contribution in [1.29, 1.82) is 0 Å². The molecule has 0 atom stereocenters. The fourth-order valence-corrected chi connectivity index (χ4v) is 2.56. The first-order chi connectivity index (χ1) is 9.11. The van der Waals surface area contributed by atoms with Crippen LogP contribution in [-0.4, -0.2) is 17.1 Å². The summed E-state index contributed by atoms with van der Waals surface area (Å²) in [5.41, 5.74) is 1.87. The summed E-state index contributed by atoms with van der Waals surface area (Å²) in [6.45, 7) is 0.395. The van der Waals surface area contributed by atoms with Gasteiger partial charge in [0.05, 0.1) is 16.8 Å². The zero-order valence-electron chi connectivity index (χ0n) is 10.2. The normalized spacial score (nSPS) is 10.7. The van der Waals surface area contributed by atoms with Crippen LogP contribution in [0, 0.1) is 0 Å². The van der Waals surface area contributed by atoms with Crippen LogP contribution in [0.2, 0.25) is 5.15 Å². The highest BCUT2D eigenvalue weighted by molar-refractivity contribution is 9.10. The molecule has 0 amide bonds. The Hall–Kier alpha value is -0.490. The van der Waals surface area contributed by atoms with Crippen molar-refractivity contribution >= 4 is 43.5 Å². The second-order valence-electron chi connectivity index (χ2n) is 3.89. The van der Waals surface area contributed by atoms with Gasteiger partial charge in [-0.2, -0.15) is 0 Å². The lowest BCUT2D eigenvalue weighted by atomic mass is 10.1. The molecule has 1 aromatic heterocycles. The zero-order chi connectivity index (χ0) is 13.8. The number of benzene rings is 1. The molecule has 19 heavy (non-hydrogen) atoms. The van der Waals surface area contributed by atoms with E-state index in [-0.39, 0.29) is 0 Å². The van der Waals surface area contributed by atoms with E-state index in [1.165, 1.54) is 0 Å². The predicted molar refractivity (Wildman–Crippen MR) is 82.4 cm³/mol. The van der Waals surface area contributed by atoms with Crippen molar-refractivity contribution in [2.75, 3.05) is 7.11 Å². The molecule has 0 unspecified atom stereocenters. The Morgan fingerprint density at radius 3 is 2.63 bits per heavy atom. The Morgan fingerprint density at radius 1 is 1.21 bits per heavy atom. The Morgan fingerprint density at radius 2 is 1.95 bits per heavy atom. The summed E-state index contributed by atoms with van der Waals surface area (Å²) in [5.74, 6) is 0.673. The van der Waals surface area contributed by atoms with Gasteiger partial charge in [-0.1, -0.05) is 45.7 Å². The average Bonchev–Trinajstić information content (AvgIpc) is 2.38. The minimum atomic E-state index is 0.395. The predicted octanol–water partition coefficient (Wildman–Crippen LogP) is 4.39. The van der Waals surface area contributed by atoms with Gasteiger partial charge in [-0.25, -0.2) is 9.97 Å². The highest BCUT2D eigenvalue weighted by Crippen LogP contribution is 2.25. The largest absolute Gasteiger partial charge is 0.378 e. The Bertz CT molecular complexity index is 593. The van der Waals surface area contributed by atoms with Crippen molar-refractivity contribution < 1.29 is 4.74 Å². The Kier molecular flexibility index (Phi) is 5.33. The van der Waals surface area contributed by atoms with Crippen LogP contribution in [0.25, 0.3) is 0 Å². The monoisotopic (exact) mass is 404 g/mol. The van der Waals surface area contributed by atoms with Gasteiger partial charge in [0.15, 0.2) is 0 Å². The van der Waals surface area contributed by atoms with Crippen LogP contribution in [0.3, 0.4) is 0 Å². The van der Waals surface area contributed by atoms with Gasteiger partial charge in [0.2, 0.25) is 0 Å². The highest BCUT2D eigenvalue weighted by atomic mass is 79.9. The summed E-state index contributed by atoms with van der Waals surface area (Å²) >= 11 is 13.0. The van der Waals surface area contributed by atoms with Gasteiger partial charge in [0, 0.05) is 18.0 Å². The fraction of sp³-hybridized carbons (Fsp3) is 0.231. The first kappa shape index (κ1) is 14.9. The molecule has 0 aliphatic rings. The molecule has 2 rings (SSSR count). The number of aromatic nitrogens is 2. The molecule has 0 saturated heterocycles. The van der Waals surface area contributed by atoms with Gasteiger partial charge in [-0.05, 0) is 27.6 Å². The van der Waals surface area contributed by atoms with Gasteiger partial charge in [-0.15, -0.1) is 0 Å². The second kappa shape index (κ2) is 6.79. The van der Waals surface area contributed by atoms with Crippen molar-refractivity contribution in [1.82, 2.24) is 9.97 Å². The third-order valence-corrected chi connectivity index (χ3v) is 4.62. The molecular formula is C13H11Br2ClN2O. The summed E-state index contributed by atoms with van der Waals surface area (Å²) < 4.78 is 6.82. The van der Waals surface area contributed by atoms with E-state index in [1.54, 1.807) is 7.11 Å². The van der Waals surface area contributed by atoms with Crippen molar-refractivity contribution in [2.45, 2.75) is 13.0 Å².